The third-order valence-corrected chi connectivity index (χ3v) is 3.25. The number of anilines is 2. The Morgan fingerprint density at radius 3 is 2.17 bits per heavy atom. The van der Waals surface area contributed by atoms with Crippen molar-refractivity contribution in [1.29, 1.82) is 0 Å². The fraction of sp³-hybridized carbons (Fsp3) is 0.176. The standard InChI is InChI=1S/C15H15N3.C2HF3O/c1-10-6-5-7-11(2)14(10)18-15-16-12-8-3-4-9-13(12)17-15;3-2(4,5)1-6/h3-9H,1-2H3,(H2,16,17,18);1H. The number of nitrogens with one attached hydrogen (secondary N) is 2. The van der Waals surface area contributed by atoms with Gasteiger partial charge in [0.15, 0.2) is 0 Å². The Balaban J connectivity index is 0.000000301. The van der Waals surface area contributed by atoms with Crippen molar-refractivity contribution in [3.8, 4) is 0 Å². The van der Waals surface area contributed by atoms with E-state index in [0.717, 1.165) is 22.7 Å². The highest BCUT2D eigenvalue weighted by Crippen LogP contribution is 2.24. The van der Waals surface area contributed by atoms with Gasteiger partial charge in [0.2, 0.25) is 12.2 Å². The lowest BCUT2D eigenvalue weighted by Crippen LogP contribution is -2.07. The van der Waals surface area contributed by atoms with Crippen molar-refractivity contribution >= 4 is 29.0 Å². The zero-order valence-electron chi connectivity index (χ0n) is 13.1. The number of halogens is 3. The van der Waals surface area contributed by atoms with Crippen molar-refractivity contribution in [2.24, 2.45) is 0 Å². The normalized spacial score (nSPS) is 10.9. The molecule has 0 aliphatic carbocycles. The molecule has 24 heavy (non-hydrogen) atoms. The van der Waals surface area contributed by atoms with Gasteiger partial charge >= 0.3 is 6.18 Å². The molecule has 2 aromatic carbocycles. The van der Waals surface area contributed by atoms with E-state index in [1.165, 1.54) is 11.1 Å². The number of hydrogen-bond acceptors (Lipinski definition) is 3. The molecule has 3 rings (SSSR count). The van der Waals surface area contributed by atoms with Crippen molar-refractivity contribution < 1.29 is 18.0 Å². The minimum atomic E-state index is -4.64. The van der Waals surface area contributed by atoms with Crippen LogP contribution in [-0.2, 0) is 4.79 Å². The predicted octanol–water partition coefficient (Wildman–Crippen LogP) is 4.67. The number of aromatic nitrogens is 2. The molecule has 0 radical (unpaired) electrons. The fourth-order valence-corrected chi connectivity index (χ4v) is 2.14. The maximum atomic E-state index is 10.4. The summed E-state index contributed by atoms with van der Waals surface area (Å²) < 4.78 is 31.2. The number of aldehydes is 1. The maximum absolute atomic E-state index is 10.4. The number of benzene rings is 2. The molecule has 2 N–H and O–H groups in total. The summed E-state index contributed by atoms with van der Waals surface area (Å²) in [5.74, 6) is 0.786. The molecule has 3 aromatic rings. The Hall–Kier alpha value is -2.83. The van der Waals surface area contributed by atoms with Gasteiger partial charge in [-0.1, -0.05) is 30.3 Å². The van der Waals surface area contributed by atoms with Gasteiger partial charge < -0.3 is 10.3 Å². The largest absolute Gasteiger partial charge is 0.446 e. The monoisotopic (exact) mass is 335 g/mol. The van der Waals surface area contributed by atoms with Crippen molar-refractivity contribution in [2.75, 3.05) is 5.32 Å². The van der Waals surface area contributed by atoms with Crippen LogP contribution < -0.4 is 5.32 Å². The summed E-state index contributed by atoms with van der Waals surface area (Å²) in [5, 5.41) is 3.36. The summed E-state index contributed by atoms with van der Waals surface area (Å²) in [6, 6.07) is 14.3. The van der Waals surface area contributed by atoms with Gasteiger partial charge in [0, 0.05) is 5.69 Å². The van der Waals surface area contributed by atoms with E-state index >= 15 is 0 Å². The lowest BCUT2D eigenvalue weighted by molar-refractivity contribution is -0.156. The average molecular weight is 335 g/mol. The third-order valence-electron chi connectivity index (χ3n) is 3.25. The summed E-state index contributed by atoms with van der Waals surface area (Å²) in [5.41, 5.74) is 5.58. The van der Waals surface area contributed by atoms with E-state index in [0.29, 0.717) is 0 Å². The van der Waals surface area contributed by atoms with Crippen LogP contribution in [0.25, 0.3) is 11.0 Å². The van der Waals surface area contributed by atoms with E-state index in [2.05, 4.69) is 47.3 Å². The number of nitrogens with zero attached hydrogens (tertiary/aromatic N) is 1. The average Bonchev–Trinajstić information content (AvgIpc) is 2.93. The summed E-state index contributed by atoms with van der Waals surface area (Å²) in [6.45, 7) is 4.19. The maximum Gasteiger partial charge on any atom is 0.446 e. The predicted molar refractivity (Wildman–Crippen MR) is 87.4 cm³/mol. The van der Waals surface area contributed by atoms with Crippen LogP contribution >= 0.6 is 0 Å². The molecule has 0 bridgehead atoms. The molecule has 0 fully saturated rings. The smallest absolute Gasteiger partial charge is 0.325 e. The van der Waals surface area contributed by atoms with Crippen molar-refractivity contribution in [2.45, 2.75) is 20.0 Å². The number of aryl methyl sites for hydroxylation is 2. The van der Waals surface area contributed by atoms with Gasteiger partial charge in [-0.25, -0.2) is 4.98 Å². The lowest BCUT2D eigenvalue weighted by atomic mass is 10.1. The topological polar surface area (TPSA) is 57.8 Å². The highest BCUT2D eigenvalue weighted by molar-refractivity contribution is 5.78. The second kappa shape index (κ2) is 7.16. The van der Waals surface area contributed by atoms with Gasteiger partial charge in [0.05, 0.1) is 11.0 Å². The Morgan fingerprint density at radius 2 is 1.62 bits per heavy atom. The minimum Gasteiger partial charge on any atom is -0.325 e. The van der Waals surface area contributed by atoms with Crippen LogP contribution in [0.4, 0.5) is 24.8 Å². The van der Waals surface area contributed by atoms with E-state index in [1.54, 1.807) is 0 Å². The molecule has 7 heteroatoms. The third kappa shape index (κ3) is 4.58. The lowest BCUT2D eigenvalue weighted by Gasteiger charge is -2.09. The molecule has 0 aliphatic heterocycles. The minimum absolute atomic E-state index is 0.786. The van der Waals surface area contributed by atoms with Crippen LogP contribution in [-0.4, -0.2) is 22.4 Å². The number of hydrogen-bond donors (Lipinski definition) is 2. The Kier molecular flexibility index (Phi) is 5.23. The number of fused-ring (bicyclic) bond motifs is 1. The number of rotatable bonds is 2. The fourth-order valence-electron chi connectivity index (χ4n) is 2.14. The molecular weight excluding hydrogens is 319 g/mol. The molecular formula is C17H16F3N3O. The SMILES string of the molecule is Cc1cccc(C)c1Nc1nc2ccccc2[nH]1.O=CC(F)(F)F. The van der Waals surface area contributed by atoms with Gasteiger partial charge in [-0.2, -0.15) is 13.2 Å². The molecule has 1 aromatic heterocycles. The molecule has 0 saturated heterocycles. The quantitative estimate of drug-likeness (QED) is 0.669. The summed E-state index contributed by atoms with van der Waals surface area (Å²) in [6.07, 6.45) is -5.70. The van der Waals surface area contributed by atoms with Crippen molar-refractivity contribution in [3.05, 3.63) is 53.6 Å². The highest BCUT2D eigenvalue weighted by Gasteiger charge is 2.24. The van der Waals surface area contributed by atoms with Gasteiger partial charge in [-0.3, -0.25) is 4.79 Å². The molecule has 0 saturated carbocycles. The van der Waals surface area contributed by atoms with Crippen LogP contribution in [0, 0.1) is 13.8 Å². The molecule has 0 atom stereocenters. The molecule has 4 nitrogen and oxygen atoms in total. The Bertz CT molecular complexity index is 787. The second-order valence-corrected chi connectivity index (χ2v) is 5.15. The first kappa shape index (κ1) is 17.5. The summed E-state index contributed by atoms with van der Waals surface area (Å²) in [7, 11) is 0. The first-order valence-electron chi connectivity index (χ1n) is 7.11. The van der Waals surface area contributed by atoms with Crippen LogP contribution in [0.3, 0.4) is 0 Å². The molecule has 0 amide bonds. The van der Waals surface area contributed by atoms with Crippen LogP contribution in [0.2, 0.25) is 0 Å². The zero-order chi connectivity index (χ0) is 17.7. The van der Waals surface area contributed by atoms with Gasteiger partial charge in [-0.15, -0.1) is 0 Å². The second-order valence-electron chi connectivity index (χ2n) is 5.15. The number of carbonyl (C=O) groups is 1. The number of H-pyrrole nitrogens is 1. The number of aromatic amines is 1. The van der Waals surface area contributed by atoms with Gasteiger partial charge in [0.25, 0.3) is 0 Å². The first-order chi connectivity index (χ1) is 11.3. The van der Waals surface area contributed by atoms with E-state index < -0.39 is 12.5 Å². The number of alkyl halides is 3. The molecule has 1 heterocycles. The number of imidazole rings is 1. The Labute approximate surface area is 136 Å². The van der Waals surface area contributed by atoms with E-state index in [9.17, 15) is 13.2 Å². The first-order valence-corrected chi connectivity index (χ1v) is 7.11. The Morgan fingerprint density at radius 1 is 1.04 bits per heavy atom. The molecule has 0 spiro atoms. The zero-order valence-corrected chi connectivity index (χ0v) is 13.1. The van der Waals surface area contributed by atoms with Crippen molar-refractivity contribution in [1.82, 2.24) is 9.97 Å². The number of para-hydroxylation sites is 3. The van der Waals surface area contributed by atoms with E-state index in [4.69, 9.17) is 4.79 Å². The van der Waals surface area contributed by atoms with Crippen LogP contribution in [0.15, 0.2) is 42.5 Å². The summed E-state index contributed by atoms with van der Waals surface area (Å²) >= 11 is 0. The van der Waals surface area contributed by atoms with Crippen LogP contribution in [0.5, 0.6) is 0 Å². The molecule has 126 valence electrons. The van der Waals surface area contributed by atoms with E-state index in [1.807, 2.05) is 24.3 Å². The molecule has 0 aliphatic rings. The number of carbonyl (C=O) groups excluding carboxylic acids is 1. The molecule has 0 unspecified atom stereocenters. The van der Waals surface area contributed by atoms with Crippen molar-refractivity contribution in [3.63, 3.8) is 0 Å². The van der Waals surface area contributed by atoms with E-state index in [-0.39, 0.29) is 0 Å². The van der Waals surface area contributed by atoms with Crippen LogP contribution in [0.1, 0.15) is 11.1 Å². The summed E-state index contributed by atoms with van der Waals surface area (Å²) in [4.78, 5) is 16.5. The highest BCUT2D eigenvalue weighted by atomic mass is 19.4. The van der Waals surface area contributed by atoms with Gasteiger partial charge in [0.1, 0.15) is 0 Å². The van der Waals surface area contributed by atoms with Gasteiger partial charge in [-0.05, 0) is 37.1 Å².